The first-order chi connectivity index (χ1) is 9.29. The Hall–Kier alpha value is -0.790. The Bertz CT molecular complexity index is 372. The van der Waals surface area contributed by atoms with Crippen LogP contribution in [0.2, 0.25) is 0 Å². The fraction of sp³-hybridized carbons (Fsp3) is 0.824. The minimum atomic E-state index is 0.252. The molecule has 4 saturated carbocycles. The molecule has 104 valence electrons. The van der Waals surface area contributed by atoms with E-state index < -0.39 is 0 Å². The van der Waals surface area contributed by atoms with E-state index in [0.29, 0.717) is 11.9 Å². The second-order valence-corrected chi connectivity index (χ2v) is 7.45. The van der Waals surface area contributed by atoms with Crippen molar-refractivity contribution in [2.75, 3.05) is 0 Å². The van der Waals surface area contributed by atoms with Crippen molar-refractivity contribution in [3.8, 4) is 0 Å². The van der Waals surface area contributed by atoms with E-state index in [2.05, 4.69) is 17.5 Å². The van der Waals surface area contributed by atoms with E-state index >= 15 is 0 Å². The molecule has 0 saturated heterocycles. The Morgan fingerprint density at radius 3 is 2.21 bits per heavy atom. The Balaban J connectivity index is 1.42. The van der Waals surface area contributed by atoms with Gasteiger partial charge in [0, 0.05) is 12.0 Å². The third-order valence-electron chi connectivity index (χ3n) is 6.18. The van der Waals surface area contributed by atoms with E-state index in [-0.39, 0.29) is 5.92 Å². The van der Waals surface area contributed by atoms with Crippen LogP contribution in [0.25, 0.3) is 0 Å². The van der Waals surface area contributed by atoms with Crippen molar-refractivity contribution in [2.45, 2.75) is 57.4 Å². The van der Waals surface area contributed by atoms with Crippen molar-refractivity contribution in [1.29, 1.82) is 0 Å². The van der Waals surface area contributed by atoms with E-state index in [0.717, 1.165) is 42.9 Å². The lowest BCUT2D eigenvalue weighted by atomic mass is 9.54. The zero-order chi connectivity index (χ0) is 12.8. The lowest BCUT2D eigenvalue weighted by Gasteiger charge is -2.54. The number of hydrogen-bond acceptors (Lipinski definition) is 1. The molecule has 1 atom stereocenters. The van der Waals surface area contributed by atoms with Crippen LogP contribution in [-0.2, 0) is 4.79 Å². The quantitative estimate of drug-likeness (QED) is 0.758. The minimum absolute atomic E-state index is 0.252. The minimum Gasteiger partial charge on any atom is -0.353 e. The van der Waals surface area contributed by atoms with Crippen LogP contribution >= 0.6 is 0 Å². The van der Waals surface area contributed by atoms with Crippen LogP contribution in [0, 0.1) is 29.6 Å². The van der Waals surface area contributed by atoms with Gasteiger partial charge in [0.05, 0.1) is 0 Å². The SMILES string of the molecule is O=C(NC1C2CC3CC(C2)CC1C3)C1CC=CCC1. The van der Waals surface area contributed by atoms with Crippen LogP contribution < -0.4 is 5.32 Å². The highest BCUT2D eigenvalue weighted by molar-refractivity contribution is 5.79. The van der Waals surface area contributed by atoms with Gasteiger partial charge in [-0.15, -0.1) is 0 Å². The summed E-state index contributed by atoms with van der Waals surface area (Å²) in [5, 5.41) is 3.46. The summed E-state index contributed by atoms with van der Waals surface area (Å²) < 4.78 is 0. The Labute approximate surface area is 116 Å². The van der Waals surface area contributed by atoms with Gasteiger partial charge < -0.3 is 5.32 Å². The maximum atomic E-state index is 12.4. The molecule has 19 heavy (non-hydrogen) atoms. The Kier molecular flexibility index (Phi) is 2.93. The largest absolute Gasteiger partial charge is 0.353 e. The number of allylic oxidation sites excluding steroid dienone is 2. The van der Waals surface area contributed by atoms with Crippen LogP contribution in [0.5, 0.6) is 0 Å². The summed E-state index contributed by atoms with van der Waals surface area (Å²) in [5.41, 5.74) is 0. The summed E-state index contributed by atoms with van der Waals surface area (Å²) in [5.74, 6) is 4.20. The normalized spacial score (nSPS) is 47.4. The molecule has 2 heteroatoms. The van der Waals surface area contributed by atoms with E-state index in [4.69, 9.17) is 0 Å². The number of hydrogen-bond donors (Lipinski definition) is 1. The van der Waals surface area contributed by atoms with Crippen LogP contribution in [-0.4, -0.2) is 11.9 Å². The van der Waals surface area contributed by atoms with Crippen molar-refractivity contribution in [1.82, 2.24) is 5.32 Å². The van der Waals surface area contributed by atoms with E-state index in [9.17, 15) is 4.79 Å². The predicted molar refractivity (Wildman–Crippen MR) is 75.5 cm³/mol. The summed E-state index contributed by atoms with van der Waals surface area (Å²) in [6.07, 6.45) is 14.5. The molecule has 0 aromatic carbocycles. The van der Waals surface area contributed by atoms with Crippen LogP contribution in [0.3, 0.4) is 0 Å². The van der Waals surface area contributed by atoms with E-state index in [1.165, 1.54) is 32.1 Å². The molecule has 4 bridgehead atoms. The van der Waals surface area contributed by atoms with Crippen molar-refractivity contribution in [3.63, 3.8) is 0 Å². The second kappa shape index (κ2) is 4.64. The third-order valence-corrected chi connectivity index (χ3v) is 6.18. The number of rotatable bonds is 2. The Morgan fingerprint density at radius 2 is 1.63 bits per heavy atom. The van der Waals surface area contributed by atoms with Gasteiger partial charge in [0.25, 0.3) is 0 Å². The zero-order valence-corrected chi connectivity index (χ0v) is 11.7. The van der Waals surface area contributed by atoms with Crippen molar-refractivity contribution in [3.05, 3.63) is 12.2 Å². The first-order valence-electron chi connectivity index (χ1n) is 8.25. The average molecular weight is 259 g/mol. The van der Waals surface area contributed by atoms with Gasteiger partial charge >= 0.3 is 0 Å². The number of nitrogens with one attached hydrogen (secondary N) is 1. The van der Waals surface area contributed by atoms with Crippen LogP contribution in [0.1, 0.15) is 51.4 Å². The smallest absolute Gasteiger partial charge is 0.223 e. The molecular weight excluding hydrogens is 234 g/mol. The van der Waals surface area contributed by atoms with Gasteiger partial charge in [0.2, 0.25) is 5.91 Å². The summed E-state index contributed by atoms with van der Waals surface area (Å²) in [7, 11) is 0. The summed E-state index contributed by atoms with van der Waals surface area (Å²) in [6, 6.07) is 0.520. The van der Waals surface area contributed by atoms with Crippen LogP contribution in [0.15, 0.2) is 12.2 Å². The molecule has 1 unspecified atom stereocenters. The standard InChI is InChI=1S/C17H25NO/c19-17(13-4-2-1-3-5-13)18-16-14-7-11-6-12(9-14)10-15(16)8-11/h1-2,11-16H,3-10H2,(H,18,19). The molecule has 0 spiro atoms. The molecule has 4 fully saturated rings. The summed E-state index contributed by atoms with van der Waals surface area (Å²) >= 11 is 0. The molecule has 0 radical (unpaired) electrons. The monoisotopic (exact) mass is 259 g/mol. The molecule has 5 aliphatic rings. The lowest BCUT2D eigenvalue weighted by molar-refractivity contribution is -0.129. The molecule has 1 N–H and O–H groups in total. The van der Waals surface area contributed by atoms with Crippen LogP contribution in [0.4, 0.5) is 0 Å². The fourth-order valence-corrected chi connectivity index (χ4v) is 5.47. The van der Waals surface area contributed by atoms with E-state index in [1.807, 2.05) is 0 Å². The predicted octanol–water partition coefficient (Wildman–Crippen LogP) is 3.28. The molecule has 5 rings (SSSR count). The number of carbonyl (C=O) groups is 1. The molecule has 1 amide bonds. The molecule has 0 aromatic heterocycles. The first kappa shape index (κ1) is 12.0. The van der Waals surface area contributed by atoms with E-state index in [1.54, 1.807) is 0 Å². The average Bonchev–Trinajstić information content (AvgIpc) is 2.43. The van der Waals surface area contributed by atoms with Gasteiger partial charge in [0.1, 0.15) is 0 Å². The summed E-state index contributed by atoms with van der Waals surface area (Å²) in [6.45, 7) is 0. The van der Waals surface area contributed by atoms with Gasteiger partial charge in [-0.1, -0.05) is 12.2 Å². The molecule has 5 aliphatic carbocycles. The highest BCUT2D eigenvalue weighted by Gasteiger charge is 2.48. The van der Waals surface area contributed by atoms with Crippen molar-refractivity contribution in [2.24, 2.45) is 29.6 Å². The zero-order valence-electron chi connectivity index (χ0n) is 11.7. The maximum Gasteiger partial charge on any atom is 0.223 e. The number of carbonyl (C=O) groups excluding carboxylic acids is 1. The van der Waals surface area contributed by atoms with Gasteiger partial charge in [-0.2, -0.15) is 0 Å². The highest BCUT2D eigenvalue weighted by Crippen LogP contribution is 2.53. The topological polar surface area (TPSA) is 29.1 Å². The third kappa shape index (κ3) is 2.13. The van der Waals surface area contributed by atoms with Gasteiger partial charge in [-0.25, -0.2) is 0 Å². The lowest BCUT2D eigenvalue weighted by Crippen LogP contribution is -2.56. The van der Waals surface area contributed by atoms with Gasteiger partial charge in [-0.05, 0) is 75.0 Å². The number of amides is 1. The molecule has 0 heterocycles. The fourth-order valence-electron chi connectivity index (χ4n) is 5.47. The van der Waals surface area contributed by atoms with Gasteiger partial charge in [0.15, 0.2) is 0 Å². The molecule has 0 aliphatic heterocycles. The van der Waals surface area contributed by atoms with Crippen molar-refractivity contribution < 1.29 is 4.79 Å². The molecular formula is C17H25NO. The summed E-state index contributed by atoms with van der Waals surface area (Å²) in [4.78, 5) is 12.4. The van der Waals surface area contributed by atoms with Crippen molar-refractivity contribution >= 4 is 5.91 Å². The first-order valence-corrected chi connectivity index (χ1v) is 8.25. The van der Waals surface area contributed by atoms with Gasteiger partial charge in [-0.3, -0.25) is 4.79 Å². The molecule has 2 nitrogen and oxygen atoms in total. The maximum absolute atomic E-state index is 12.4. The Morgan fingerprint density at radius 1 is 0.947 bits per heavy atom. The highest BCUT2D eigenvalue weighted by atomic mass is 16.1. The molecule has 0 aromatic rings. The second-order valence-electron chi connectivity index (χ2n) is 7.45.